The molecule has 0 bridgehead atoms. The summed E-state index contributed by atoms with van der Waals surface area (Å²) >= 11 is 0. The van der Waals surface area contributed by atoms with E-state index in [4.69, 9.17) is 0 Å². The van der Waals surface area contributed by atoms with Crippen molar-refractivity contribution < 1.29 is 5.11 Å². The summed E-state index contributed by atoms with van der Waals surface area (Å²) in [6.45, 7) is 6.40. The van der Waals surface area contributed by atoms with Gasteiger partial charge in [-0.1, -0.05) is 62.4 Å². The fourth-order valence-electron chi connectivity index (χ4n) is 2.10. The summed E-state index contributed by atoms with van der Waals surface area (Å²) < 4.78 is 0. The van der Waals surface area contributed by atoms with E-state index in [0.29, 0.717) is 0 Å². The lowest BCUT2D eigenvalue weighted by Crippen LogP contribution is -2.21. The van der Waals surface area contributed by atoms with Gasteiger partial charge in [-0.2, -0.15) is 0 Å². The molecule has 0 amide bonds. The van der Waals surface area contributed by atoms with Gasteiger partial charge in [0, 0.05) is 5.41 Å². The average Bonchev–Trinajstić information content (AvgIpc) is 2.39. The molecular formula is C17H20O. The highest BCUT2D eigenvalue weighted by molar-refractivity contribution is 5.68. The molecule has 2 aromatic carbocycles. The molecule has 0 atom stereocenters. The van der Waals surface area contributed by atoms with Crippen LogP contribution in [0.25, 0.3) is 11.1 Å². The van der Waals surface area contributed by atoms with Crippen molar-refractivity contribution in [3.63, 3.8) is 0 Å². The van der Waals surface area contributed by atoms with Crippen molar-refractivity contribution in [2.45, 2.75) is 26.2 Å². The molecule has 1 heteroatoms. The summed E-state index contributed by atoms with van der Waals surface area (Å²) in [7, 11) is 0. The van der Waals surface area contributed by atoms with Gasteiger partial charge in [-0.25, -0.2) is 0 Å². The zero-order valence-corrected chi connectivity index (χ0v) is 11.3. The van der Waals surface area contributed by atoms with Crippen LogP contribution in [0.15, 0.2) is 48.5 Å². The van der Waals surface area contributed by atoms with Gasteiger partial charge in [0.1, 0.15) is 0 Å². The van der Waals surface area contributed by atoms with E-state index in [-0.39, 0.29) is 12.0 Å². The van der Waals surface area contributed by atoms with Crippen molar-refractivity contribution in [3.05, 3.63) is 59.7 Å². The van der Waals surface area contributed by atoms with Crippen LogP contribution < -0.4 is 0 Å². The van der Waals surface area contributed by atoms with Crippen molar-refractivity contribution in [3.8, 4) is 11.1 Å². The third-order valence-electron chi connectivity index (χ3n) is 3.50. The molecule has 1 N–H and O–H groups in total. The predicted molar refractivity (Wildman–Crippen MR) is 76.7 cm³/mol. The Kier molecular flexibility index (Phi) is 3.53. The Balaban J connectivity index is 2.49. The molecule has 0 aliphatic rings. The van der Waals surface area contributed by atoms with Gasteiger partial charge in [0.2, 0.25) is 0 Å². The van der Waals surface area contributed by atoms with E-state index in [9.17, 15) is 5.11 Å². The minimum atomic E-state index is -0.196. The van der Waals surface area contributed by atoms with Crippen molar-refractivity contribution in [2.24, 2.45) is 0 Å². The number of rotatable bonds is 3. The van der Waals surface area contributed by atoms with Gasteiger partial charge in [0.25, 0.3) is 0 Å². The number of aliphatic hydroxyl groups is 1. The van der Waals surface area contributed by atoms with Crippen molar-refractivity contribution in [1.29, 1.82) is 0 Å². The zero-order chi connectivity index (χ0) is 13.2. The fraction of sp³-hybridized carbons (Fsp3) is 0.294. The van der Waals surface area contributed by atoms with E-state index in [1.165, 1.54) is 22.3 Å². The topological polar surface area (TPSA) is 20.2 Å². The maximum Gasteiger partial charge on any atom is 0.0522 e. The molecule has 1 nitrogen and oxygen atoms in total. The highest BCUT2D eigenvalue weighted by atomic mass is 16.3. The van der Waals surface area contributed by atoms with E-state index in [0.717, 1.165) is 0 Å². The normalized spacial score (nSPS) is 11.6. The highest BCUT2D eigenvalue weighted by Crippen LogP contribution is 2.29. The molecule has 2 rings (SSSR count). The minimum Gasteiger partial charge on any atom is -0.395 e. The van der Waals surface area contributed by atoms with Crippen LogP contribution >= 0.6 is 0 Å². The van der Waals surface area contributed by atoms with E-state index in [1.807, 2.05) is 0 Å². The molecule has 0 unspecified atom stereocenters. The summed E-state index contributed by atoms with van der Waals surface area (Å²) in [6, 6.07) is 16.8. The molecule has 2 aromatic rings. The molecular weight excluding hydrogens is 220 g/mol. The summed E-state index contributed by atoms with van der Waals surface area (Å²) in [5.41, 5.74) is 4.72. The standard InChI is InChI=1S/C17H20O/c1-13-7-4-5-10-16(13)14-8-6-9-15(11-14)17(2,3)12-18/h4-11,18H,12H2,1-3H3. The van der Waals surface area contributed by atoms with E-state index < -0.39 is 0 Å². The van der Waals surface area contributed by atoms with Gasteiger partial charge in [-0.15, -0.1) is 0 Å². The maximum absolute atomic E-state index is 9.46. The number of hydrogen-bond acceptors (Lipinski definition) is 1. The first kappa shape index (κ1) is 12.8. The molecule has 0 heterocycles. The number of benzene rings is 2. The number of aliphatic hydroxyl groups excluding tert-OH is 1. The van der Waals surface area contributed by atoms with Crippen molar-refractivity contribution in [1.82, 2.24) is 0 Å². The Hall–Kier alpha value is -1.60. The summed E-state index contributed by atoms with van der Waals surface area (Å²) in [4.78, 5) is 0. The van der Waals surface area contributed by atoms with E-state index >= 15 is 0 Å². The van der Waals surface area contributed by atoms with Crippen LogP contribution in [-0.4, -0.2) is 11.7 Å². The highest BCUT2D eigenvalue weighted by Gasteiger charge is 2.19. The van der Waals surface area contributed by atoms with Gasteiger partial charge >= 0.3 is 0 Å². The van der Waals surface area contributed by atoms with E-state index in [1.54, 1.807) is 0 Å². The Labute approximate surface area is 109 Å². The molecule has 0 radical (unpaired) electrons. The van der Waals surface area contributed by atoms with Gasteiger partial charge in [0.05, 0.1) is 6.61 Å². The molecule has 0 aromatic heterocycles. The SMILES string of the molecule is Cc1ccccc1-c1cccc(C(C)(C)CO)c1. The van der Waals surface area contributed by atoms with Crippen LogP contribution in [0.2, 0.25) is 0 Å². The van der Waals surface area contributed by atoms with Crippen molar-refractivity contribution in [2.75, 3.05) is 6.61 Å². The summed E-state index contributed by atoms with van der Waals surface area (Å²) in [5, 5.41) is 9.46. The lowest BCUT2D eigenvalue weighted by molar-refractivity contribution is 0.218. The largest absolute Gasteiger partial charge is 0.395 e. The minimum absolute atomic E-state index is 0.157. The van der Waals surface area contributed by atoms with Gasteiger partial charge in [0.15, 0.2) is 0 Å². The molecule has 18 heavy (non-hydrogen) atoms. The molecule has 0 fully saturated rings. The molecule has 0 spiro atoms. The van der Waals surface area contributed by atoms with Crippen LogP contribution in [0.1, 0.15) is 25.0 Å². The number of aryl methyl sites for hydroxylation is 1. The van der Waals surface area contributed by atoms with Crippen LogP contribution in [0, 0.1) is 6.92 Å². The quantitative estimate of drug-likeness (QED) is 0.861. The first-order valence-corrected chi connectivity index (χ1v) is 6.32. The average molecular weight is 240 g/mol. The zero-order valence-electron chi connectivity index (χ0n) is 11.3. The van der Waals surface area contributed by atoms with Crippen LogP contribution in [0.5, 0.6) is 0 Å². The number of hydrogen-bond donors (Lipinski definition) is 1. The smallest absolute Gasteiger partial charge is 0.0522 e. The monoisotopic (exact) mass is 240 g/mol. The third kappa shape index (κ3) is 2.46. The van der Waals surface area contributed by atoms with Crippen molar-refractivity contribution >= 4 is 0 Å². The lowest BCUT2D eigenvalue weighted by Gasteiger charge is -2.23. The molecule has 0 saturated carbocycles. The third-order valence-corrected chi connectivity index (χ3v) is 3.50. The Morgan fingerprint density at radius 3 is 2.39 bits per heavy atom. The second kappa shape index (κ2) is 4.95. The predicted octanol–water partition coefficient (Wildman–Crippen LogP) is 3.93. The Morgan fingerprint density at radius 1 is 1.00 bits per heavy atom. The second-order valence-electron chi connectivity index (χ2n) is 5.44. The Bertz CT molecular complexity index is 541. The lowest BCUT2D eigenvalue weighted by atomic mass is 9.84. The first-order valence-electron chi connectivity index (χ1n) is 6.32. The Morgan fingerprint density at radius 2 is 1.72 bits per heavy atom. The van der Waals surface area contributed by atoms with E-state index in [2.05, 4.69) is 69.3 Å². The second-order valence-corrected chi connectivity index (χ2v) is 5.44. The summed E-state index contributed by atoms with van der Waals surface area (Å²) in [6.07, 6.45) is 0. The molecule has 0 saturated heterocycles. The summed E-state index contributed by atoms with van der Waals surface area (Å²) in [5.74, 6) is 0. The van der Waals surface area contributed by atoms with Crippen LogP contribution in [0.4, 0.5) is 0 Å². The molecule has 0 aliphatic carbocycles. The van der Waals surface area contributed by atoms with Gasteiger partial charge in [-0.3, -0.25) is 0 Å². The van der Waals surface area contributed by atoms with Crippen LogP contribution in [0.3, 0.4) is 0 Å². The molecule has 94 valence electrons. The first-order chi connectivity index (χ1) is 8.54. The van der Waals surface area contributed by atoms with Crippen LogP contribution in [-0.2, 0) is 5.41 Å². The fourth-order valence-corrected chi connectivity index (χ4v) is 2.10. The maximum atomic E-state index is 9.46. The van der Waals surface area contributed by atoms with Gasteiger partial charge < -0.3 is 5.11 Å². The molecule has 0 aliphatic heterocycles. The van der Waals surface area contributed by atoms with Gasteiger partial charge in [-0.05, 0) is 29.2 Å².